The van der Waals surface area contributed by atoms with Crippen molar-refractivity contribution >= 4 is 5.78 Å². The predicted octanol–water partition coefficient (Wildman–Crippen LogP) is 1.29. The van der Waals surface area contributed by atoms with Crippen LogP contribution in [0.15, 0.2) is 40.1 Å². The van der Waals surface area contributed by atoms with Gasteiger partial charge < -0.3 is 4.98 Å². The molecule has 5 nitrogen and oxygen atoms in total. The summed E-state index contributed by atoms with van der Waals surface area (Å²) in [7, 11) is 0. The van der Waals surface area contributed by atoms with Gasteiger partial charge in [0.25, 0.3) is 5.56 Å². The fourth-order valence-electron chi connectivity index (χ4n) is 2.08. The van der Waals surface area contributed by atoms with Gasteiger partial charge in [-0.2, -0.15) is 0 Å². The summed E-state index contributed by atoms with van der Waals surface area (Å²) >= 11 is 0. The Kier molecular flexibility index (Phi) is 3.98. The lowest BCUT2D eigenvalue weighted by Crippen LogP contribution is -2.38. The first-order valence-corrected chi connectivity index (χ1v) is 6.38. The Morgan fingerprint density at radius 3 is 2.70 bits per heavy atom. The molecule has 0 radical (unpaired) electrons. The number of benzene rings is 1. The van der Waals surface area contributed by atoms with Gasteiger partial charge in [0.15, 0.2) is 5.78 Å². The van der Waals surface area contributed by atoms with E-state index in [0.29, 0.717) is 6.42 Å². The first-order chi connectivity index (χ1) is 9.49. The molecule has 0 atom stereocenters. The van der Waals surface area contributed by atoms with E-state index in [9.17, 15) is 14.4 Å². The van der Waals surface area contributed by atoms with Crippen LogP contribution in [0, 0.1) is 6.92 Å². The summed E-state index contributed by atoms with van der Waals surface area (Å²) in [5.74, 6) is -0.351. The molecule has 0 bridgehead atoms. The van der Waals surface area contributed by atoms with Crippen LogP contribution in [-0.2, 0) is 13.0 Å². The zero-order valence-corrected chi connectivity index (χ0v) is 11.5. The van der Waals surface area contributed by atoms with Gasteiger partial charge in [0.05, 0.1) is 5.56 Å². The van der Waals surface area contributed by atoms with Crippen LogP contribution < -0.4 is 11.2 Å². The van der Waals surface area contributed by atoms with Gasteiger partial charge >= 0.3 is 5.69 Å². The molecule has 0 saturated heterocycles. The smallest absolute Gasteiger partial charge is 0.313 e. The molecule has 2 aromatic rings. The van der Waals surface area contributed by atoms with Crippen LogP contribution in [-0.4, -0.2) is 15.3 Å². The Morgan fingerprint density at radius 2 is 2.05 bits per heavy atom. The average molecular weight is 272 g/mol. The Labute approximate surface area is 115 Å². The highest BCUT2D eigenvalue weighted by Crippen LogP contribution is 2.05. The van der Waals surface area contributed by atoms with Crippen LogP contribution in [0.1, 0.15) is 28.4 Å². The topological polar surface area (TPSA) is 71.9 Å². The third-order valence-electron chi connectivity index (χ3n) is 3.15. The third-order valence-corrected chi connectivity index (χ3v) is 3.15. The average Bonchev–Trinajstić information content (AvgIpc) is 2.38. The number of H-pyrrole nitrogens is 1. The minimum atomic E-state index is -0.533. The number of rotatable bonds is 4. The second-order valence-corrected chi connectivity index (χ2v) is 4.76. The van der Waals surface area contributed by atoms with E-state index in [2.05, 4.69) is 4.98 Å². The highest BCUT2D eigenvalue weighted by molar-refractivity contribution is 5.93. The summed E-state index contributed by atoms with van der Waals surface area (Å²) < 4.78 is 1.07. The molecule has 0 aliphatic heterocycles. The highest BCUT2D eigenvalue weighted by Gasteiger charge is 2.10. The first kappa shape index (κ1) is 14.0. The third kappa shape index (κ3) is 2.93. The molecule has 1 aromatic carbocycles. The molecule has 1 N–H and O–H groups in total. The molecule has 104 valence electrons. The molecule has 1 aromatic heterocycles. The molecule has 0 fully saturated rings. The van der Waals surface area contributed by atoms with Gasteiger partial charge in [-0.3, -0.25) is 14.2 Å². The zero-order valence-electron chi connectivity index (χ0n) is 11.5. The number of aromatic amines is 1. The standard InChI is InChI=1S/C15H16N2O3/c1-10-4-3-5-12(8-10)6-7-17-14(19)13(11(2)18)9-16-15(17)20/h3-5,8-9H,6-7H2,1-2H3,(H,16,20). The van der Waals surface area contributed by atoms with Crippen LogP contribution in [0.3, 0.4) is 0 Å². The Hall–Kier alpha value is -2.43. The van der Waals surface area contributed by atoms with E-state index in [1.54, 1.807) is 0 Å². The normalized spacial score (nSPS) is 10.5. The van der Waals surface area contributed by atoms with Crippen molar-refractivity contribution in [1.29, 1.82) is 0 Å². The van der Waals surface area contributed by atoms with Gasteiger partial charge in [0.2, 0.25) is 0 Å². The SMILES string of the molecule is CC(=O)c1c[nH]c(=O)n(CCc2cccc(C)c2)c1=O. The molecular formula is C15H16N2O3. The van der Waals surface area contributed by atoms with Gasteiger partial charge in [-0.25, -0.2) is 4.79 Å². The Morgan fingerprint density at radius 1 is 1.30 bits per heavy atom. The quantitative estimate of drug-likeness (QED) is 0.852. The van der Waals surface area contributed by atoms with Crippen molar-refractivity contribution in [2.45, 2.75) is 26.8 Å². The van der Waals surface area contributed by atoms with Crippen LogP contribution >= 0.6 is 0 Å². The number of nitrogens with zero attached hydrogens (tertiary/aromatic N) is 1. The van der Waals surface area contributed by atoms with Crippen LogP contribution in [0.2, 0.25) is 0 Å². The van der Waals surface area contributed by atoms with Crippen molar-refractivity contribution in [3.05, 3.63) is 68.0 Å². The Balaban J connectivity index is 2.30. The van der Waals surface area contributed by atoms with E-state index in [1.807, 2.05) is 31.2 Å². The number of Topliss-reactive ketones (excluding diaryl/α,β-unsaturated/α-hetero) is 1. The van der Waals surface area contributed by atoms with Crippen LogP contribution in [0.4, 0.5) is 0 Å². The molecule has 1 heterocycles. The minimum Gasteiger partial charge on any atom is -0.313 e. The number of hydrogen-bond donors (Lipinski definition) is 1. The summed E-state index contributed by atoms with van der Waals surface area (Å²) in [6.45, 7) is 3.54. The first-order valence-electron chi connectivity index (χ1n) is 6.38. The molecule has 20 heavy (non-hydrogen) atoms. The van der Waals surface area contributed by atoms with E-state index in [4.69, 9.17) is 0 Å². The van der Waals surface area contributed by atoms with Crippen LogP contribution in [0.25, 0.3) is 0 Å². The van der Waals surface area contributed by atoms with Gasteiger partial charge in [-0.15, -0.1) is 0 Å². The molecule has 5 heteroatoms. The van der Waals surface area contributed by atoms with E-state index in [1.165, 1.54) is 13.1 Å². The van der Waals surface area contributed by atoms with Crippen molar-refractivity contribution < 1.29 is 4.79 Å². The number of hydrogen-bond acceptors (Lipinski definition) is 3. The highest BCUT2D eigenvalue weighted by atomic mass is 16.2. The lowest BCUT2D eigenvalue weighted by Gasteiger charge is -2.06. The number of nitrogens with one attached hydrogen (secondary N) is 1. The molecule has 0 aliphatic carbocycles. The largest absolute Gasteiger partial charge is 0.328 e. The molecule has 0 aliphatic rings. The monoisotopic (exact) mass is 272 g/mol. The zero-order chi connectivity index (χ0) is 14.7. The lowest BCUT2D eigenvalue weighted by atomic mass is 10.1. The van der Waals surface area contributed by atoms with Gasteiger partial charge in [0, 0.05) is 12.7 Å². The molecule has 0 unspecified atom stereocenters. The van der Waals surface area contributed by atoms with Crippen LogP contribution in [0.5, 0.6) is 0 Å². The Bertz CT molecular complexity index is 756. The van der Waals surface area contributed by atoms with Crippen molar-refractivity contribution in [2.75, 3.05) is 0 Å². The number of carbonyl (C=O) groups excluding carboxylic acids is 1. The molecule has 0 saturated carbocycles. The van der Waals surface area contributed by atoms with Crippen molar-refractivity contribution in [1.82, 2.24) is 9.55 Å². The number of ketones is 1. The van der Waals surface area contributed by atoms with E-state index in [-0.39, 0.29) is 17.9 Å². The van der Waals surface area contributed by atoms with Crippen molar-refractivity contribution in [3.63, 3.8) is 0 Å². The summed E-state index contributed by atoms with van der Waals surface area (Å²) in [5, 5.41) is 0. The van der Waals surface area contributed by atoms with E-state index < -0.39 is 11.2 Å². The number of aromatic nitrogens is 2. The lowest BCUT2D eigenvalue weighted by molar-refractivity contribution is 0.101. The number of carbonyl (C=O) groups is 1. The van der Waals surface area contributed by atoms with Gasteiger partial charge in [0.1, 0.15) is 0 Å². The molecule has 0 amide bonds. The van der Waals surface area contributed by atoms with Gasteiger partial charge in [-0.05, 0) is 25.8 Å². The summed E-state index contributed by atoms with van der Waals surface area (Å²) in [6.07, 6.45) is 1.74. The van der Waals surface area contributed by atoms with Crippen molar-refractivity contribution in [2.24, 2.45) is 0 Å². The predicted molar refractivity (Wildman–Crippen MR) is 76.2 cm³/mol. The van der Waals surface area contributed by atoms with E-state index in [0.717, 1.165) is 15.7 Å². The molecule has 2 rings (SSSR count). The van der Waals surface area contributed by atoms with Crippen molar-refractivity contribution in [3.8, 4) is 0 Å². The fraction of sp³-hybridized carbons (Fsp3) is 0.267. The maximum absolute atomic E-state index is 12.0. The minimum absolute atomic E-state index is 0.00819. The maximum Gasteiger partial charge on any atom is 0.328 e. The second-order valence-electron chi connectivity index (χ2n) is 4.76. The fourth-order valence-corrected chi connectivity index (χ4v) is 2.08. The second kappa shape index (κ2) is 5.69. The number of aryl methyl sites for hydroxylation is 2. The van der Waals surface area contributed by atoms with E-state index >= 15 is 0 Å². The molecular weight excluding hydrogens is 256 g/mol. The summed E-state index contributed by atoms with van der Waals surface area (Å²) in [6, 6.07) is 7.87. The molecule has 0 spiro atoms. The summed E-state index contributed by atoms with van der Waals surface area (Å²) in [5.41, 5.74) is 1.15. The summed E-state index contributed by atoms with van der Waals surface area (Å²) in [4.78, 5) is 37.5. The van der Waals surface area contributed by atoms with Gasteiger partial charge in [-0.1, -0.05) is 29.8 Å². The maximum atomic E-state index is 12.0.